The molecule has 1 rings (SSSR count). The first-order valence-corrected chi connectivity index (χ1v) is 8.74. The molecule has 0 bridgehead atoms. The fourth-order valence-corrected chi connectivity index (χ4v) is 2.17. The molecule has 0 unspecified atom stereocenters. The van der Waals surface area contributed by atoms with Gasteiger partial charge in [0.15, 0.2) is 0 Å². The summed E-state index contributed by atoms with van der Waals surface area (Å²) in [5, 5.41) is 3.15. The topological polar surface area (TPSA) is 84.5 Å². The normalized spacial score (nSPS) is 11.1. The Hall–Kier alpha value is -1.31. The van der Waals surface area contributed by atoms with Crippen molar-refractivity contribution in [3.63, 3.8) is 0 Å². The predicted molar refractivity (Wildman–Crippen MR) is 82.0 cm³/mol. The number of hydrogen-bond donors (Lipinski definition) is 2. The number of hydrogen-bond acceptors (Lipinski definition) is 4. The van der Waals surface area contributed by atoms with Gasteiger partial charge in [0.05, 0.1) is 17.9 Å². The number of nitrogens with one attached hydrogen (secondary N) is 2. The summed E-state index contributed by atoms with van der Waals surface area (Å²) >= 11 is 5.93. The Morgan fingerprint density at radius 1 is 1.29 bits per heavy atom. The third kappa shape index (κ3) is 8.54. The van der Waals surface area contributed by atoms with E-state index in [1.807, 2.05) is 12.1 Å². The van der Waals surface area contributed by atoms with Crippen molar-refractivity contribution in [2.24, 2.45) is 0 Å². The number of halogens is 1. The van der Waals surface area contributed by atoms with E-state index in [0.29, 0.717) is 30.2 Å². The van der Waals surface area contributed by atoms with Gasteiger partial charge in [-0.05, 0) is 18.6 Å². The summed E-state index contributed by atoms with van der Waals surface area (Å²) in [7, 11) is -3.21. The van der Waals surface area contributed by atoms with Gasteiger partial charge in [-0.3, -0.25) is 4.79 Å². The minimum Gasteiger partial charge on any atom is -0.492 e. The van der Waals surface area contributed by atoms with Crippen molar-refractivity contribution in [2.75, 3.05) is 26.0 Å². The lowest BCUT2D eigenvalue weighted by molar-refractivity contribution is -0.121. The largest absolute Gasteiger partial charge is 0.492 e. The van der Waals surface area contributed by atoms with Crippen LogP contribution >= 0.6 is 11.6 Å². The molecule has 0 heterocycles. The van der Waals surface area contributed by atoms with Crippen molar-refractivity contribution in [1.29, 1.82) is 0 Å². The highest BCUT2D eigenvalue weighted by molar-refractivity contribution is 7.88. The third-order valence-electron chi connectivity index (χ3n) is 2.45. The Morgan fingerprint density at radius 3 is 2.67 bits per heavy atom. The molecule has 0 aliphatic heterocycles. The van der Waals surface area contributed by atoms with Gasteiger partial charge in [-0.2, -0.15) is 0 Å². The van der Waals surface area contributed by atoms with Gasteiger partial charge in [0, 0.05) is 19.5 Å². The zero-order valence-electron chi connectivity index (χ0n) is 11.8. The summed E-state index contributed by atoms with van der Waals surface area (Å²) in [5.41, 5.74) is 0. The van der Waals surface area contributed by atoms with Crippen LogP contribution in [0.5, 0.6) is 5.75 Å². The van der Waals surface area contributed by atoms with Crippen molar-refractivity contribution < 1.29 is 17.9 Å². The Labute approximate surface area is 129 Å². The number of ether oxygens (including phenoxy) is 1. The quantitative estimate of drug-likeness (QED) is 0.664. The lowest BCUT2D eigenvalue weighted by Crippen LogP contribution is -2.34. The van der Waals surface area contributed by atoms with E-state index in [1.54, 1.807) is 12.1 Å². The highest BCUT2D eigenvalue weighted by Gasteiger charge is 2.04. The van der Waals surface area contributed by atoms with Crippen LogP contribution in [-0.2, 0) is 14.8 Å². The monoisotopic (exact) mass is 334 g/mol. The van der Waals surface area contributed by atoms with Crippen molar-refractivity contribution >= 4 is 27.5 Å². The van der Waals surface area contributed by atoms with Crippen LogP contribution in [0.4, 0.5) is 0 Å². The Bertz CT molecular complexity index is 563. The van der Waals surface area contributed by atoms with E-state index in [4.69, 9.17) is 16.3 Å². The molecule has 1 aromatic rings. The lowest BCUT2D eigenvalue weighted by atomic mass is 10.3. The summed E-state index contributed by atoms with van der Waals surface area (Å²) in [4.78, 5) is 11.5. The first-order valence-electron chi connectivity index (χ1n) is 6.47. The summed E-state index contributed by atoms with van der Waals surface area (Å²) in [6.45, 7) is 0.830. The zero-order valence-corrected chi connectivity index (χ0v) is 13.3. The molecule has 0 aromatic heterocycles. The maximum Gasteiger partial charge on any atom is 0.220 e. The van der Waals surface area contributed by atoms with Crippen LogP contribution in [0.25, 0.3) is 0 Å². The predicted octanol–water partition coefficient (Wildman–Crippen LogP) is 1.16. The molecule has 0 aliphatic rings. The van der Waals surface area contributed by atoms with Gasteiger partial charge in [0.25, 0.3) is 0 Å². The minimum atomic E-state index is -3.21. The Balaban J connectivity index is 2.10. The average Bonchev–Trinajstić information content (AvgIpc) is 2.40. The second-order valence-electron chi connectivity index (χ2n) is 4.40. The molecule has 0 aliphatic carbocycles. The van der Waals surface area contributed by atoms with E-state index in [0.717, 1.165) is 6.26 Å². The molecule has 0 saturated heterocycles. The van der Waals surface area contributed by atoms with Gasteiger partial charge in [0.2, 0.25) is 15.9 Å². The molecule has 1 aromatic carbocycles. The van der Waals surface area contributed by atoms with Gasteiger partial charge < -0.3 is 10.1 Å². The smallest absolute Gasteiger partial charge is 0.220 e. The van der Waals surface area contributed by atoms with Gasteiger partial charge in [0.1, 0.15) is 5.75 Å². The van der Waals surface area contributed by atoms with E-state index in [1.165, 1.54) is 0 Å². The van der Waals surface area contributed by atoms with E-state index in [9.17, 15) is 13.2 Å². The highest BCUT2D eigenvalue weighted by atomic mass is 35.5. The number of amides is 1. The maximum absolute atomic E-state index is 11.5. The zero-order chi connectivity index (χ0) is 15.7. The average molecular weight is 335 g/mol. The number of carbonyl (C=O) groups excluding carboxylic acids is 1. The number of rotatable bonds is 9. The molecule has 6 nitrogen and oxygen atoms in total. The second kappa shape index (κ2) is 8.86. The first-order chi connectivity index (χ1) is 9.88. The Morgan fingerprint density at radius 2 is 2.00 bits per heavy atom. The second-order valence-corrected chi connectivity index (χ2v) is 6.64. The number of para-hydroxylation sites is 1. The fourth-order valence-electron chi connectivity index (χ4n) is 1.50. The van der Waals surface area contributed by atoms with Gasteiger partial charge in [-0.25, -0.2) is 13.1 Å². The lowest BCUT2D eigenvalue weighted by Gasteiger charge is -2.08. The summed E-state index contributed by atoms with van der Waals surface area (Å²) < 4.78 is 29.3. The molecule has 0 atom stereocenters. The van der Waals surface area contributed by atoms with Crippen LogP contribution in [0.3, 0.4) is 0 Å². The molecule has 0 saturated carbocycles. The summed E-state index contributed by atoms with van der Waals surface area (Å²) in [6, 6.07) is 7.13. The molecule has 0 spiro atoms. The standard InChI is InChI=1S/C13H19ClN2O4S/c1-21(18,19)16-9-8-15-13(17)7-4-10-20-12-6-3-2-5-11(12)14/h2-3,5-6,16H,4,7-10H2,1H3,(H,15,17). The van der Waals surface area contributed by atoms with Gasteiger partial charge in [-0.15, -0.1) is 0 Å². The fraction of sp³-hybridized carbons (Fsp3) is 0.462. The molecule has 118 valence electrons. The number of carbonyl (C=O) groups is 1. The highest BCUT2D eigenvalue weighted by Crippen LogP contribution is 2.23. The van der Waals surface area contributed by atoms with Crippen molar-refractivity contribution in [1.82, 2.24) is 10.0 Å². The van der Waals surface area contributed by atoms with E-state index >= 15 is 0 Å². The molecule has 21 heavy (non-hydrogen) atoms. The van der Waals surface area contributed by atoms with Crippen molar-refractivity contribution in [3.8, 4) is 5.75 Å². The van der Waals surface area contributed by atoms with Crippen LogP contribution in [0.15, 0.2) is 24.3 Å². The van der Waals surface area contributed by atoms with E-state index in [2.05, 4.69) is 10.0 Å². The molecule has 0 fully saturated rings. The van der Waals surface area contributed by atoms with Gasteiger partial charge in [-0.1, -0.05) is 23.7 Å². The molecule has 8 heteroatoms. The molecular formula is C13H19ClN2O4S. The molecule has 2 N–H and O–H groups in total. The maximum atomic E-state index is 11.5. The van der Waals surface area contributed by atoms with E-state index < -0.39 is 10.0 Å². The van der Waals surface area contributed by atoms with E-state index in [-0.39, 0.29) is 19.0 Å². The molecule has 0 radical (unpaired) electrons. The Kier molecular flexibility index (Phi) is 7.49. The van der Waals surface area contributed by atoms with Crippen molar-refractivity contribution in [3.05, 3.63) is 29.3 Å². The molecular weight excluding hydrogens is 316 g/mol. The summed E-state index contributed by atoms with van der Waals surface area (Å²) in [6.07, 6.45) is 1.93. The first kappa shape index (κ1) is 17.7. The van der Waals surface area contributed by atoms with Crippen LogP contribution < -0.4 is 14.8 Å². The minimum absolute atomic E-state index is 0.145. The van der Waals surface area contributed by atoms with Crippen molar-refractivity contribution in [2.45, 2.75) is 12.8 Å². The summed E-state index contributed by atoms with van der Waals surface area (Å²) in [5.74, 6) is 0.449. The third-order valence-corrected chi connectivity index (χ3v) is 3.49. The SMILES string of the molecule is CS(=O)(=O)NCCNC(=O)CCCOc1ccccc1Cl. The van der Waals surface area contributed by atoms with Gasteiger partial charge >= 0.3 is 0 Å². The van der Waals surface area contributed by atoms with Crippen LogP contribution in [-0.4, -0.2) is 40.3 Å². The number of benzene rings is 1. The molecule has 1 amide bonds. The number of sulfonamides is 1. The van der Waals surface area contributed by atoms with Crippen LogP contribution in [0.2, 0.25) is 5.02 Å². The van der Waals surface area contributed by atoms with Crippen LogP contribution in [0, 0.1) is 0 Å². The van der Waals surface area contributed by atoms with Crippen LogP contribution in [0.1, 0.15) is 12.8 Å².